The van der Waals surface area contributed by atoms with E-state index in [0.29, 0.717) is 22.7 Å². The number of phenols is 1. The third-order valence-corrected chi connectivity index (χ3v) is 4.98. The van der Waals surface area contributed by atoms with Gasteiger partial charge >= 0.3 is 0 Å². The molecule has 34 heavy (non-hydrogen) atoms. The molecule has 0 bridgehead atoms. The summed E-state index contributed by atoms with van der Waals surface area (Å²) in [6, 6.07) is 13.9. The minimum Gasteiger partial charge on any atom is -0.507 e. The topological polar surface area (TPSA) is 139 Å². The summed E-state index contributed by atoms with van der Waals surface area (Å²) in [6.45, 7) is 3.55. The SMILES string of the molecule is Cc1cc(Br)cc(C)c1OCC(=O)N/N=C/c1cc(N=Nc2ccc([N+](=O)[O-])cc2)ccc1O. The van der Waals surface area contributed by atoms with E-state index >= 15 is 0 Å². The summed E-state index contributed by atoms with van der Waals surface area (Å²) < 4.78 is 6.53. The number of ether oxygens (including phenoxy) is 1. The number of hydrogen-bond acceptors (Lipinski definition) is 8. The molecule has 10 nitrogen and oxygen atoms in total. The molecular formula is C23H20BrN5O5. The summed E-state index contributed by atoms with van der Waals surface area (Å²) in [5.41, 5.74) is 5.24. The second kappa shape index (κ2) is 11.1. The number of non-ortho nitro benzene ring substituents is 1. The number of carbonyl (C=O) groups excluding carboxylic acids is 1. The molecule has 2 N–H and O–H groups in total. The molecule has 0 aliphatic rings. The number of hydrogen-bond donors (Lipinski definition) is 2. The molecule has 174 valence electrons. The van der Waals surface area contributed by atoms with E-state index in [1.165, 1.54) is 48.7 Å². The van der Waals surface area contributed by atoms with Crippen LogP contribution in [0.25, 0.3) is 0 Å². The van der Waals surface area contributed by atoms with Crippen LogP contribution in [0.5, 0.6) is 11.5 Å². The van der Waals surface area contributed by atoms with E-state index in [-0.39, 0.29) is 18.0 Å². The highest BCUT2D eigenvalue weighted by atomic mass is 79.9. The maximum atomic E-state index is 12.1. The molecule has 0 radical (unpaired) electrons. The molecule has 0 fully saturated rings. The highest BCUT2D eigenvalue weighted by Crippen LogP contribution is 2.27. The summed E-state index contributed by atoms with van der Waals surface area (Å²) in [5, 5.41) is 32.7. The van der Waals surface area contributed by atoms with Crippen LogP contribution in [0.3, 0.4) is 0 Å². The third-order valence-electron chi connectivity index (χ3n) is 4.52. The third kappa shape index (κ3) is 6.69. The number of aromatic hydroxyl groups is 1. The number of amides is 1. The number of aryl methyl sites for hydroxylation is 2. The maximum absolute atomic E-state index is 12.1. The Kier molecular flexibility index (Phi) is 8.04. The predicted molar refractivity (Wildman–Crippen MR) is 130 cm³/mol. The van der Waals surface area contributed by atoms with E-state index < -0.39 is 10.8 Å². The molecule has 0 heterocycles. The van der Waals surface area contributed by atoms with Crippen LogP contribution in [0.2, 0.25) is 0 Å². The van der Waals surface area contributed by atoms with Gasteiger partial charge < -0.3 is 9.84 Å². The normalized spacial score (nSPS) is 11.1. The number of nitro benzene ring substituents is 1. The Morgan fingerprint density at radius 2 is 1.71 bits per heavy atom. The van der Waals surface area contributed by atoms with Gasteiger partial charge in [0, 0.05) is 22.2 Å². The van der Waals surface area contributed by atoms with E-state index in [0.717, 1.165) is 15.6 Å². The minimum atomic E-state index is -0.500. The molecule has 3 aromatic carbocycles. The van der Waals surface area contributed by atoms with Gasteiger partial charge in [-0.05, 0) is 67.4 Å². The van der Waals surface area contributed by atoms with Gasteiger partial charge in [0.25, 0.3) is 11.6 Å². The summed E-state index contributed by atoms with van der Waals surface area (Å²) in [6.07, 6.45) is 1.27. The fourth-order valence-electron chi connectivity index (χ4n) is 2.93. The molecule has 0 aliphatic heterocycles. The van der Waals surface area contributed by atoms with Crippen LogP contribution < -0.4 is 10.2 Å². The van der Waals surface area contributed by atoms with Crippen LogP contribution >= 0.6 is 15.9 Å². The van der Waals surface area contributed by atoms with Crippen molar-refractivity contribution in [3.8, 4) is 11.5 Å². The number of phenolic OH excluding ortho intramolecular Hbond substituents is 1. The molecule has 0 atom stereocenters. The zero-order valence-corrected chi connectivity index (χ0v) is 19.8. The van der Waals surface area contributed by atoms with Gasteiger partial charge in [-0.2, -0.15) is 15.3 Å². The molecule has 0 spiro atoms. The molecular weight excluding hydrogens is 506 g/mol. The van der Waals surface area contributed by atoms with Crippen molar-refractivity contribution in [2.24, 2.45) is 15.3 Å². The van der Waals surface area contributed by atoms with Crippen LogP contribution in [-0.4, -0.2) is 28.8 Å². The molecule has 0 unspecified atom stereocenters. The first-order valence-electron chi connectivity index (χ1n) is 9.93. The lowest BCUT2D eigenvalue weighted by Gasteiger charge is -2.11. The molecule has 0 aromatic heterocycles. The zero-order chi connectivity index (χ0) is 24.7. The summed E-state index contributed by atoms with van der Waals surface area (Å²) in [5.74, 6) is 0.0992. The number of halogens is 1. The van der Waals surface area contributed by atoms with Crippen molar-refractivity contribution < 1.29 is 19.6 Å². The van der Waals surface area contributed by atoms with Crippen LogP contribution in [0.1, 0.15) is 16.7 Å². The Hall–Kier alpha value is -4.12. The van der Waals surface area contributed by atoms with Crippen molar-refractivity contribution in [3.05, 3.63) is 85.9 Å². The van der Waals surface area contributed by atoms with Crippen molar-refractivity contribution in [3.63, 3.8) is 0 Å². The van der Waals surface area contributed by atoms with Gasteiger partial charge in [-0.1, -0.05) is 15.9 Å². The predicted octanol–water partition coefficient (Wildman–Crippen LogP) is 5.62. The van der Waals surface area contributed by atoms with Gasteiger partial charge in [0.05, 0.1) is 22.5 Å². The molecule has 11 heteroatoms. The van der Waals surface area contributed by atoms with Gasteiger partial charge in [0.15, 0.2) is 6.61 Å². The maximum Gasteiger partial charge on any atom is 0.277 e. The average molecular weight is 526 g/mol. The number of nitrogens with one attached hydrogen (secondary N) is 1. The minimum absolute atomic E-state index is 0.0448. The standard InChI is InChI=1S/C23H20BrN5O5/c1-14-9-17(24)10-15(2)23(14)34-13-22(31)28-25-12-16-11-19(5-8-21(16)30)27-26-18-3-6-20(7-4-18)29(32)33/h3-12,30H,13H2,1-2H3,(H,28,31)/b25-12+,27-26?. The lowest BCUT2D eigenvalue weighted by molar-refractivity contribution is -0.384. The Morgan fingerprint density at radius 3 is 2.35 bits per heavy atom. The molecule has 3 rings (SSSR count). The Bertz CT molecular complexity index is 1250. The Labute approximate surface area is 203 Å². The lowest BCUT2D eigenvalue weighted by Crippen LogP contribution is -2.25. The molecule has 0 aliphatic carbocycles. The number of nitro groups is 1. The molecule has 0 saturated heterocycles. The fraction of sp³-hybridized carbons (Fsp3) is 0.130. The van der Waals surface area contributed by atoms with Gasteiger partial charge in [0.1, 0.15) is 11.5 Å². The number of carbonyl (C=O) groups is 1. The quantitative estimate of drug-likeness (QED) is 0.170. The summed E-state index contributed by atoms with van der Waals surface area (Å²) in [7, 11) is 0. The molecule has 1 amide bonds. The van der Waals surface area contributed by atoms with Crippen LogP contribution in [0.4, 0.5) is 17.1 Å². The zero-order valence-electron chi connectivity index (χ0n) is 18.2. The van der Waals surface area contributed by atoms with Crippen molar-refractivity contribution in [1.29, 1.82) is 0 Å². The van der Waals surface area contributed by atoms with Gasteiger partial charge in [-0.25, -0.2) is 5.43 Å². The average Bonchev–Trinajstić information content (AvgIpc) is 2.79. The van der Waals surface area contributed by atoms with E-state index in [1.54, 1.807) is 0 Å². The van der Waals surface area contributed by atoms with E-state index in [2.05, 4.69) is 36.7 Å². The number of nitrogens with zero attached hydrogens (tertiary/aromatic N) is 4. The molecule has 0 saturated carbocycles. The number of azo groups is 1. The number of rotatable bonds is 8. The van der Waals surface area contributed by atoms with Crippen molar-refractivity contribution in [2.45, 2.75) is 13.8 Å². The Balaban J connectivity index is 1.60. The summed E-state index contributed by atoms with van der Waals surface area (Å²) in [4.78, 5) is 22.3. The van der Waals surface area contributed by atoms with E-state index in [4.69, 9.17) is 4.74 Å². The Morgan fingerprint density at radius 1 is 1.09 bits per heavy atom. The van der Waals surface area contributed by atoms with Crippen LogP contribution in [0.15, 0.2) is 74.4 Å². The van der Waals surface area contributed by atoms with Gasteiger partial charge in [-0.3, -0.25) is 14.9 Å². The van der Waals surface area contributed by atoms with Crippen molar-refractivity contribution in [2.75, 3.05) is 6.61 Å². The monoisotopic (exact) mass is 525 g/mol. The van der Waals surface area contributed by atoms with Crippen molar-refractivity contribution in [1.82, 2.24) is 5.43 Å². The first-order valence-corrected chi connectivity index (χ1v) is 10.7. The number of benzene rings is 3. The molecule has 3 aromatic rings. The highest BCUT2D eigenvalue weighted by molar-refractivity contribution is 9.10. The van der Waals surface area contributed by atoms with Crippen LogP contribution in [-0.2, 0) is 4.79 Å². The van der Waals surface area contributed by atoms with E-state index in [9.17, 15) is 20.0 Å². The summed E-state index contributed by atoms with van der Waals surface area (Å²) >= 11 is 3.41. The van der Waals surface area contributed by atoms with E-state index in [1.807, 2.05) is 26.0 Å². The van der Waals surface area contributed by atoms with Crippen molar-refractivity contribution >= 4 is 45.1 Å². The fourth-order valence-corrected chi connectivity index (χ4v) is 3.62. The first kappa shape index (κ1) is 24.5. The second-order valence-corrected chi connectivity index (χ2v) is 8.08. The van der Waals surface area contributed by atoms with Gasteiger partial charge in [-0.15, -0.1) is 0 Å². The smallest absolute Gasteiger partial charge is 0.277 e. The second-order valence-electron chi connectivity index (χ2n) is 7.17. The lowest BCUT2D eigenvalue weighted by atomic mass is 10.1. The number of hydrazone groups is 1. The largest absolute Gasteiger partial charge is 0.507 e. The first-order chi connectivity index (χ1) is 16.2. The van der Waals surface area contributed by atoms with Gasteiger partial charge in [0.2, 0.25) is 0 Å². The highest BCUT2D eigenvalue weighted by Gasteiger charge is 2.09. The van der Waals surface area contributed by atoms with Crippen LogP contribution in [0, 0.1) is 24.0 Å².